The van der Waals surface area contributed by atoms with Crippen molar-refractivity contribution >= 4 is 23.2 Å². The number of nitrogens with zero attached hydrogens (tertiary/aromatic N) is 1. The highest BCUT2D eigenvalue weighted by molar-refractivity contribution is 7.10. The van der Waals surface area contributed by atoms with E-state index in [1.807, 2.05) is 17.5 Å². The summed E-state index contributed by atoms with van der Waals surface area (Å²) in [7, 11) is 3.42. The van der Waals surface area contributed by atoms with E-state index < -0.39 is 0 Å². The molecule has 1 aromatic heterocycles. The van der Waals surface area contributed by atoms with Crippen molar-refractivity contribution in [1.82, 2.24) is 10.2 Å². The summed E-state index contributed by atoms with van der Waals surface area (Å²) in [6, 6.07) is 3.82. The predicted molar refractivity (Wildman–Crippen MR) is 66.6 cm³/mol. The Morgan fingerprint density at radius 1 is 1.59 bits per heavy atom. The van der Waals surface area contributed by atoms with Gasteiger partial charge in [0.05, 0.1) is 12.0 Å². The van der Waals surface area contributed by atoms with E-state index in [2.05, 4.69) is 5.32 Å². The van der Waals surface area contributed by atoms with Crippen LogP contribution in [-0.2, 0) is 9.59 Å². The molecule has 92 valence electrons. The standard InChI is InChI=1S/C12H16N2O2S/c1-13-12(16)8-5-6-10(15)14(2)11(8)9-4-3-7-17-9/h3-4,7-8,11H,5-6H2,1-2H3,(H,13,16)/t8-,11-/m0/s1. The topological polar surface area (TPSA) is 49.4 Å². The minimum atomic E-state index is -0.138. The zero-order valence-electron chi connectivity index (χ0n) is 9.97. The first-order valence-corrected chi connectivity index (χ1v) is 6.53. The van der Waals surface area contributed by atoms with E-state index in [0.29, 0.717) is 12.8 Å². The van der Waals surface area contributed by atoms with Gasteiger partial charge in [-0.2, -0.15) is 0 Å². The van der Waals surface area contributed by atoms with E-state index in [4.69, 9.17) is 0 Å². The summed E-state index contributed by atoms with van der Waals surface area (Å²) in [5, 5.41) is 4.67. The third-order valence-electron chi connectivity index (χ3n) is 3.28. The van der Waals surface area contributed by atoms with Gasteiger partial charge in [-0.3, -0.25) is 9.59 Å². The second kappa shape index (κ2) is 4.87. The summed E-state index contributed by atoms with van der Waals surface area (Å²) in [6.07, 6.45) is 1.09. The Labute approximate surface area is 105 Å². The fraction of sp³-hybridized carbons (Fsp3) is 0.500. The number of rotatable bonds is 2. The highest BCUT2D eigenvalue weighted by Crippen LogP contribution is 2.37. The Morgan fingerprint density at radius 3 is 2.94 bits per heavy atom. The normalized spacial score (nSPS) is 24.8. The van der Waals surface area contributed by atoms with Crippen molar-refractivity contribution in [1.29, 1.82) is 0 Å². The van der Waals surface area contributed by atoms with Crippen molar-refractivity contribution in [2.45, 2.75) is 18.9 Å². The van der Waals surface area contributed by atoms with E-state index >= 15 is 0 Å². The highest BCUT2D eigenvalue weighted by Gasteiger charge is 2.38. The number of nitrogens with one attached hydrogen (secondary N) is 1. The number of thiophene rings is 1. The minimum absolute atomic E-state index is 0.0164. The lowest BCUT2D eigenvalue weighted by atomic mass is 9.87. The summed E-state index contributed by atoms with van der Waals surface area (Å²) in [5.74, 6) is -0.00680. The van der Waals surface area contributed by atoms with Gasteiger partial charge >= 0.3 is 0 Å². The molecule has 1 aliphatic heterocycles. The molecule has 4 nitrogen and oxygen atoms in total. The van der Waals surface area contributed by atoms with Crippen molar-refractivity contribution < 1.29 is 9.59 Å². The molecule has 1 saturated heterocycles. The molecule has 0 unspecified atom stereocenters. The Hall–Kier alpha value is -1.36. The van der Waals surface area contributed by atoms with Crippen molar-refractivity contribution in [3.05, 3.63) is 22.4 Å². The Bertz CT molecular complexity index is 416. The summed E-state index contributed by atoms with van der Waals surface area (Å²) in [4.78, 5) is 26.4. The first-order valence-electron chi connectivity index (χ1n) is 5.65. The second-order valence-electron chi connectivity index (χ2n) is 4.22. The third-order valence-corrected chi connectivity index (χ3v) is 4.22. The zero-order valence-corrected chi connectivity index (χ0v) is 10.8. The van der Waals surface area contributed by atoms with E-state index in [1.54, 1.807) is 30.3 Å². The molecule has 1 fully saturated rings. The Balaban J connectivity index is 2.32. The molecule has 0 radical (unpaired) electrons. The van der Waals surface area contributed by atoms with Crippen molar-refractivity contribution in [2.24, 2.45) is 5.92 Å². The number of likely N-dealkylation sites (tertiary alicyclic amines) is 1. The van der Waals surface area contributed by atoms with Gasteiger partial charge in [0.1, 0.15) is 0 Å². The van der Waals surface area contributed by atoms with Gasteiger partial charge in [0, 0.05) is 25.4 Å². The Kier molecular flexibility index (Phi) is 3.47. The molecular formula is C12H16N2O2S. The average molecular weight is 252 g/mol. The number of piperidine rings is 1. The molecule has 0 aliphatic carbocycles. The van der Waals surface area contributed by atoms with Crippen molar-refractivity contribution in [3.63, 3.8) is 0 Å². The van der Waals surface area contributed by atoms with Crippen LogP contribution in [0, 0.1) is 5.92 Å². The molecule has 0 spiro atoms. The third kappa shape index (κ3) is 2.20. The summed E-state index contributed by atoms with van der Waals surface area (Å²) < 4.78 is 0. The number of hydrogen-bond donors (Lipinski definition) is 1. The van der Waals surface area contributed by atoms with Crippen LogP contribution in [0.25, 0.3) is 0 Å². The molecule has 1 aliphatic rings. The van der Waals surface area contributed by atoms with Crippen LogP contribution in [-0.4, -0.2) is 30.8 Å². The summed E-state index contributed by atoms with van der Waals surface area (Å²) in [5.41, 5.74) is 0. The number of carbonyl (C=O) groups excluding carboxylic acids is 2. The molecule has 0 aromatic carbocycles. The van der Waals surface area contributed by atoms with Crippen LogP contribution < -0.4 is 5.32 Å². The average Bonchev–Trinajstić information content (AvgIpc) is 2.84. The van der Waals surface area contributed by atoms with Gasteiger partial charge in [-0.1, -0.05) is 6.07 Å². The first-order chi connectivity index (χ1) is 8.15. The van der Waals surface area contributed by atoms with Gasteiger partial charge in [0.2, 0.25) is 11.8 Å². The number of hydrogen-bond acceptors (Lipinski definition) is 3. The SMILES string of the molecule is CNC(=O)[C@H]1CCC(=O)N(C)[C@@H]1c1cccs1. The van der Waals surface area contributed by atoms with Crippen LogP contribution in [0.2, 0.25) is 0 Å². The van der Waals surface area contributed by atoms with E-state index in [9.17, 15) is 9.59 Å². The fourth-order valence-electron chi connectivity index (χ4n) is 2.35. The van der Waals surface area contributed by atoms with Crippen LogP contribution in [0.15, 0.2) is 17.5 Å². The molecule has 0 bridgehead atoms. The Morgan fingerprint density at radius 2 is 2.35 bits per heavy atom. The van der Waals surface area contributed by atoms with Crippen LogP contribution in [0.5, 0.6) is 0 Å². The largest absolute Gasteiger partial charge is 0.359 e. The van der Waals surface area contributed by atoms with Gasteiger partial charge in [-0.05, 0) is 17.9 Å². The van der Waals surface area contributed by atoms with Gasteiger partial charge in [0.15, 0.2) is 0 Å². The maximum Gasteiger partial charge on any atom is 0.225 e. The molecule has 0 saturated carbocycles. The maximum absolute atomic E-state index is 11.9. The van der Waals surface area contributed by atoms with Crippen molar-refractivity contribution in [3.8, 4) is 0 Å². The predicted octanol–water partition coefficient (Wildman–Crippen LogP) is 1.40. The number of carbonyl (C=O) groups is 2. The monoisotopic (exact) mass is 252 g/mol. The number of amides is 2. The van der Waals surface area contributed by atoms with Gasteiger partial charge in [-0.15, -0.1) is 11.3 Å². The maximum atomic E-state index is 11.9. The molecule has 1 N–H and O–H groups in total. The molecule has 5 heteroatoms. The van der Waals surface area contributed by atoms with Gasteiger partial charge in [0.25, 0.3) is 0 Å². The molecule has 1 aromatic rings. The molecule has 2 amide bonds. The fourth-order valence-corrected chi connectivity index (χ4v) is 3.28. The summed E-state index contributed by atoms with van der Waals surface area (Å²) in [6.45, 7) is 0. The van der Waals surface area contributed by atoms with Crippen molar-refractivity contribution in [2.75, 3.05) is 14.1 Å². The quantitative estimate of drug-likeness (QED) is 0.865. The van der Waals surface area contributed by atoms with Crippen LogP contribution in [0.1, 0.15) is 23.8 Å². The van der Waals surface area contributed by atoms with Crippen LogP contribution >= 0.6 is 11.3 Å². The second-order valence-corrected chi connectivity index (χ2v) is 5.20. The smallest absolute Gasteiger partial charge is 0.225 e. The van der Waals surface area contributed by atoms with E-state index in [0.717, 1.165) is 4.88 Å². The lowest BCUT2D eigenvalue weighted by Gasteiger charge is -2.37. The zero-order chi connectivity index (χ0) is 12.4. The lowest BCUT2D eigenvalue weighted by molar-refractivity contribution is -0.141. The molecule has 2 heterocycles. The van der Waals surface area contributed by atoms with Gasteiger partial charge < -0.3 is 10.2 Å². The first kappa shape index (κ1) is 12.1. The highest BCUT2D eigenvalue weighted by atomic mass is 32.1. The molecule has 2 atom stereocenters. The molecule has 17 heavy (non-hydrogen) atoms. The summed E-state index contributed by atoms with van der Waals surface area (Å²) >= 11 is 1.59. The van der Waals surface area contributed by atoms with E-state index in [-0.39, 0.29) is 23.8 Å². The molecule has 2 rings (SSSR count). The lowest BCUT2D eigenvalue weighted by Crippen LogP contribution is -2.45. The minimum Gasteiger partial charge on any atom is -0.359 e. The van der Waals surface area contributed by atoms with Gasteiger partial charge in [-0.25, -0.2) is 0 Å². The van der Waals surface area contributed by atoms with E-state index in [1.165, 1.54) is 0 Å². The van der Waals surface area contributed by atoms with Crippen LogP contribution in [0.3, 0.4) is 0 Å². The molecular weight excluding hydrogens is 236 g/mol. The van der Waals surface area contributed by atoms with Crippen LogP contribution in [0.4, 0.5) is 0 Å².